The molecule has 2 aromatic carbocycles. The monoisotopic (exact) mass is 516 g/mol. The third-order valence-electron chi connectivity index (χ3n) is 5.67. The number of phenolic OH excluding ortho intramolecular Hbond substituents is 1. The Bertz CT molecular complexity index is 1470. The van der Waals surface area contributed by atoms with Gasteiger partial charge in [0.1, 0.15) is 11.5 Å². The lowest BCUT2D eigenvalue weighted by atomic mass is 9.95. The number of aromatic nitrogens is 3. The molecule has 3 heterocycles. The number of nitrogens with zero attached hydrogens (tertiary/aromatic N) is 4. The molecular formula is C26H20N4O4S2. The van der Waals surface area contributed by atoms with Gasteiger partial charge in [0.25, 0.3) is 5.78 Å². The summed E-state index contributed by atoms with van der Waals surface area (Å²) in [6.07, 6.45) is 2.97. The topological polar surface area (TPSA) is 117 Å². The smallest absolute Gasteiger partial charge is 0.301 e. The van der Waals surface area contributed by atoms with E-state index in [2.05, 4.69) is 15.2 Å². The second-order valence-electron chi connectivity index (χ2n) is 8.12. The van der Waals surface area contributed by atoms with Gasteiger partial charge >= 0.3 is 5.91 Å². The van der Waals surface area contributed by atoms with Crippen LogP contribution in [0.2, 0.25) is 0 Å². The van der Waals surface area contributed by atoms with E-state index in [9.17, 15) is 19.8 Å². The summed E-state index contributed by atoms with van der Waals surface area (Å²) in [6.45, 7) is 2.03. The first-order chi connectivity index (χ1) is 17.4. The summed E-state index contributed by atoms with van der Waals surface area (Å²) >= 11 is 2.67. The summed E-state index contributed by atoms with van der Waals surface area (Å²) in [5.74, 6) is -1.36. The van der Waals surface area contributed by atoms with E-state index in [0.29, 0.717) is 21.2 Å². The van der Waals surface area contributed by atoms with E-state index < -0.39 is 17.7 Å². The van der Waals surface area contributed by atoms with Crippen molar-refractivity contribution in [1.82, 2.24) is 15.2 Å². The Kier molecular flexibility index (Phi) is 6.53. The molecular weight excluding hydrogens is 496 g/mol. The number of benzene rings is 2. The molecule has 4 aromatic rings. The number of rotatable bonds is 6. The number of anilines is 1. The fraction of sp³-hybridized carbons (Fsp3) is 0.115. The Hall–Kier alpha value is -4.02. The predicted octanol–water partition coefficient (Wildman–Crippen LogP) is 4.87. The highest BCUT2D eigenvalue weighted by molar-refractivity contribution is 8.00. The summed E-state index contributed by atoms with van der Waals surface area (Å²) in [5.41, 5.74) is 3.01. The van der Waals surface area contributed by atoms with Gasteiger partial charge in [0.2, 0.25) is 5.13 Å². The quantitative estimate of drug-likeness (QED) is 0.123. The number of aliphatic hydroxyl groups is 1. The number of ketones is 1. The zero-order chi connectivity index (χ0) is 25.2. The highest BCUT2D eigenvalue weighted by atomic mass is 32.2. The van der Waals surface area contributed by atoms with Gasteiger partial charge in [0.05, 0.1) is 11.6 Å². The third-order valence-corrected chi connectivity index (χ3v) is 7.80. The van der Waals surface area contributed by atoms with Crippen molar-refractivity contribution < 1.29 is 19.8 Å². The Morgan fingerprint density at radius 2 is 1.81 bits per heavy atom. The van der Waals surface area contributed by atoms with Gasteiger partial charge < -0.3 is 10.2 Å². The Morgan fingerprint density at radius 1 is 1.06 bits per heavy atom. The minimum absolute atomic E-state index is 0.0337. The first kappa shape index (κ1) is 23.7. The SMILES string of the molecule is Cc1ccc(CSc2nnc(N3C(=O)C(=O)/C(=C(/O)c4ccncc4)C3c3cccc(O)c3)s2)cc1. The van der Waals surface area contributed by atoms with Crippen LogP contribution in [0.4, 0.5) is 5.13 Å². The Labute approximate surface area is 215 Å². The average molecular weight is 517 g/mol. The standard InChI is InChI=1S/C26H20N4O4S2/c1-15-5-7-16(8-6-15)14-35-26-29-28-25(36-26)30-21(18-3-2-4-19(31)13-18)20(23(33)24(30)34)22(32)17-9-11-27-12-10-17/h2-13,21,31-32H,14H2,1H3/b22-20+. The lowest BCUT2D eigenvalue weighted by molar-refractivity contribution is -0.132. The Morgan fingerprint density at radius 3 is 2.53 bits per heavy atom. The molecule has 36 heavy (non-hydrogen) atoms. The van der Waals surface area contributed by atoms with E-state index in [-0.39, 0.29) is 22.2 Å². The van der Waals surface area contributed by atoms with Gasteiger partial charge in [0, 0.05) is 23.7 Å². The number of Topliss-reactive ketones (excluding diaryl/α,β-unsaturated/α-hetero) is 1. The molecule has 1 unspecified atom stereocenters. The first-order valence-electron chi connectivity index (χ1n) is 10.9. The van der Waals surface area contributed by atoms with Crippen molar-refractivity contribution in [2.75, 3.05) is 4.90 Å². The zero-order valence-electron chi connectivity index (χ0n) is 19.0. The minimum Gasteiger partial charge on any atom is -0.508 e. The number of thioether (sulfide) groups is 1. The summed E-state index contributed by atoms with van der Waals surface area (Å²) in [6, 6.07) is 16.5. The molecule has 10 heteroatoms. The van der Waals surface area contributed by atoms with Crippen LogP contribution in [0.1, 0.15) is 28.3 Å². The van der Waals surface area contributed by atoms with E-state index in [1.165, 1.54) is 58.1 Å². The maximum Gasteiger partial charge on any atom is 0.301 e. The van der Waals surface area contributed by atoms with E-state index in [1.807, 2.05) is 31.2 Å². The van der Waals surface area contributed by atoms with Crippen LogP contribution >= 0.6 is 23.1 Å². The van der Waals surface area contributed by atoms with E-state index in [1.54, 1.807) is 24.3 Å². The molecule has 2 N–H and O–H groups in total. The van der Waals surface area contributed by atoms with Crippen LogP contribution in [0.3, 0.4) is 0 Å². The van der Waals surface area contributed by atoms with Gasteiger partial charge in [-0.15, -0.1) is 10.2 Å². The predicted molar refractivity (Wildman–Crippen MR) is 138 cm³/mol. The van der Waals surface area contributed by atoms with Crippen LogP contribution in [-0.2, 0) is 15.3 Å². The number of pyridine rings is 1. The highest BCUT2D eigenvalue weighted by Crippen LogP contribution is 2.44. The van der Waals surface area contributed by atoms with Crippen LogP contribution in [0.5, 0.6) is 5.75 Å². The maximum atomic E-state index is 13.2. The van der Waals surface area contributed by atoms with Crippen LogP contribution in [-0.4, -0.2) is 37.1 Å². The van der Waals surface area contributed by atoms with Crippen molar-refractivity contribution in [3.63, 3.8) is 0 Å². The largest absolute Gasteiger partial charge is 0.508 e. The first-order valence-corrected chi connectivity index (χ1v) is 12.7. The number of amides is 1. The fourth-order valence-electron chi connectivity index (χ4n) is 3.89. The van der Waals surface area contributed by atoms with Gasteiger partial charge in [0.15, 0.2) is 4.34 Å². The number of hydrogen-bond donors (Lipinski definition) is 2. The number of carbonyl (C=O) groups is 2. The molecule has 8 nitrogen and oxygen atoms in total. The van der Waals surface area contributed by atoms with Crippen molar-refractivity contribution >= 4 is 45.7 Å². The summed E-state index contributed by atoms with van der Waals surface area (Å²) < 4.78 is 0.635. The molecule has 5 rings (SSSR count). The fourth-order valence-corrected chi connectivity index (χ4v) is 5.72. The number of aromatic hydroxyl groups is 1. The molecule has 1 saturated heterocycles. The number of aliphatic hydroxyl groups excluding tert-OH is 1. The van der Waals surface area contributed by atoms with E-state index in [4.69, 9.17) is 0 Å². The van der Waals surface area contributed by atoms with Crippen molar-refractivity contribution in [3.05, 3.63) is 101 Å². The van der Waals surface area contributed by atoms with E-state index >= 15 is 0 Å². The van der Waals surface area contributed by atoms with Crippen LogP contribution in [0.25, 0.3) is 5.76 Å². The number of hydrogen-bond acceptors (Lipinski definition) is 9. The highest BCUT2D eigenvalue weighted by Gasteiger charge is 2.48. The van der Waals surface area contributed by atoms with Gasteiger partial charge in [-0.1, -0.05) is 65.1 Å². The van der Waals surface area contributed by atoms with Crippen LogP contribution in [0.15, 0.2) is 83.0 Å². The third kappa shape index (κ3) is 4.60. The van der Waals surface area contributed by atoms with E-state index in [0.717, 1.165) is 5.56 Å². The Balaban J connectivity index is 1.53. The summed E-state index contributed by atoms with van der Waals surface area (Å²) in [7, 11) is 0. The number of carbonyl (C=O) groups excluding carboxylic acids is 2. The van der Waals surface area contributed by atoms with Crippen LogP contribution in [0, 0.1) is 6.92 Å². The number of phenols is 1. The molecule has 1 aliphatic heterocycles. The molecule has 0 spiro atoms. The van der Waals surface area contributed by atoms with Gasteiger partial charge in [-0.2, -0.15) is 0 Å². The van der Waals surface area contributed by atoms with Crippen molar-refractivity contribution in [1.29, 1.82) is 0 Å². The maximum absolute atomic E-state index is 13.2. The average Bonchev–Trinajstić information content (AvgIpc) is 3.46. The molecule has 180 valence electrons. The zero-order valence-corrected chi connectivity index (χ0v) is 20.7. The molecule has 1 fully saturated rings. The molecule has 1 atom stereocenters. The lowest BCUT2D eigenvalue weighted by Gasteiger charge is -2.22. The van der Waals surface area contributed by atoms with Gasteiger partial charge in [-0.25, -0.2) is 0 Å². The molecule has 0 saturated carbocycles. The lowest BCUT2D eigenvalue weighted by Crippen LogP contribution is -2.29. The molecule has 0 radical (unpaired) electrons. The van der Waals surface area contributed by atoms with Crippen LogP contribution < -0.4 is 4.90 Å². The normalized spacial score (nSPS) is 17.0. The molecule has 1 amide bonds. The minimum atomic E-state index is -0.992. The second-order valence-corrected chi connectivity index (χ2v) is 10.3. The summed E-state index contributed by atoms with van der Waals surface area (Å²) in [5, 5.41) is 29.8. The van der Waals surface area contributed by atoms with Gasteiger partial charge in [-0.3, -0.25) is 19.5 Å². The van der Waals surface area contributed by atoms with Crippen molar-refractivity contribution in [2.24, 2.45) is 0 Å². The molecule has 0 bridgehead atoms. The number of aryl methyl sites for hydroxylation is 1. The molecule has 0 aliphatic carbocycles. The molecule has 1 aliphatic rings. The van der Waals surface area contributed by atoms with Crippen molar-refractivity contribution in [3.8, 4) is 5.75 Å². The summed E-state index contributed by atoms with van der Waals surface area (Å²) in [4.78, 5) is 31.6. The molecule has 2 aromatic heterocycles. The van der Waals surface area contributed by atoms with Crippen molar-refractivity contribution in [2.45, 2.75) is 23.1 Å². The van der Waals surface area contributed by atoms with Gasteiger partial charge in [-0.05, 0) is 42.3 Å². The second kappa shape index (κ2) is 9.92.